The van der Waals surface area contributed by atoms with E-state index in [1.165, 1.54) is 102 Å². The quantitative estimate of drug-likeness (QED) is 0.144. The summed E-state index contributed by atoms with van der Waals surface area (Å²) in [6.45, 7) is 6.50. The van der Waals surface area contributed by atoms with E-state index in [4.69, 9.17) is 14.2 Å². The molecular formula is C35H54FNO3. The molecule has 1 aromatic carbocycles. The monoisotopic (exact) mass is 555 g/mol. The summed E-state index contributed by atoms with van der Waals surface area (Å²) in [4.78, 5) is 4.56. The molecule has 2 heterocycles. The number of nitrogens with zero attached hydrogens (tertiary/aromatic N) is 1. The Hall–Kier alpha value is -1.98. The molecule has 1 saturated heterocycles. The van der Waals surface area contributed by atoms with Gasteiger partial charge >= 0.3 is 0 Å². The number of rotatable bonds is 21. The summed E-state index contributed by atoms with van der Waals surface area (Å²) < 4.78 is 32.4. The highest BCUT2D eigenvalue weighted by Gasteiger charge is 2.23. The second kappa shape index (κ2) is 20.0. The predicted octanol–water partition coefficient (Wildman–Crippen LogP) is 10.6. The fourth-order valence-electron chi connectivity index (χ4n) is 5.38. The SMILES string of the molecule is CCCCCCCCCCCCC1COC(c2ccc(-c3ccc(OCCCCCCCC)c(F)c3)nc2)OC1. The molecule has 3 rings (SSSR count). The third-order valence-corrected chi connectivity index (χ3v) is 7.97. The number of ether oxygens (including phenoxy) is 3. The van der Waals surface area contributed by atoms with Gasteiger partial charge in [-0.1, -0.05) is 116 Å². The summed E-state index contributed by atoms with van der Waals surface area (Å²) in [5, 5.41) is 0. The van der Waals surface area contributed by atoms with Crippen LogP contribution in [0.25, 0.3) is 11.3 Å². The Morgan fingerprint density at radius 3 is 1.93 bits per heavy atom. The fourth-order valence-corrected chi connectivity index (χ4v) is 5.38. The lowest BCUT2D eigenvalue weighted by molar-refractivity contribution is -0.206. The van der Waals surface area contributed by atoms with E-state index in [1.807, 2.05) is 18.2 Å². The van der Waals surface area contributed by atoms with E-state index < -0.39 is 0 Å². The van der Waals surface area contributed by atoms with Crippen molar-refractivity contribution >= 4 is 0 Å². The van der Waals surface area contributed by atoms with Gasteiger partial charge in [-0.15, -0.1) is 0 Å². The number of benzene rings is 1. The van der Waals surface area contributed by atoms with Gasteiger partial charge in [0.05, 0.1) is 25.5 Å². The average molecular weight is 556 g/mol. The first kappa shape index (κ1) is 32.5. The molecule has 0 N–H and O–H groups in total. The van der Waals surface area contributed by atoms with Gasteiger partial charge in [0, 0.05) is 23.2 Å². The molecule has 4 nitrogen and oxygen atoms in total. The molecule has 0 bridgehead atoms. The normalized spacial score (nSPS) is 17.3. The van der Waals surface area contributed by atoms with Crippen LogP contribution in [0.3, 0.4) is 0 Å². The van der Waals surface area contributed by atoms with Crippen molar-refractivity contribution in [2.75, 3.05) is 19.8 Å². The number of halogens is 1. The number of hydrogen-bond acceptors (Lipinski definition) is 4. The van der Waals surface area contributed by atoms with Crippen LogP contribution in [-0.4, -0.2) is 24.8 Å². The molecule has 0 amide bonds. The summed E-state index contributed by atoms with van der Waals surface area (Å²) in [6.07, 6.45) is 23.3. The van der Waals surface area contributed by atoms with Crippen molar-refractivity contribution in [1.82, 2.24) is 4.98 Å². The maximum atomic E-state index is 14.6. The largest absolute Gasteiger partial charge is 0.491 e. The molecule has 5 heteroatoms. The topological polar surface area (TPSA) is 40.6 Å². The third-order valence-electron chi connectivity index (χ3n) is 7.97. The van der Waals surface area contributed by atoms with Crippen molar-refractivity contribution in [3.63, 3.8) is 0 Å². The van der Waals surface area contributed by atoms with E-state index >= 15 is 0 Å². The van der Waals surface area contributed by atoms with Gasteiger partial charge in [-0.25, -0.2) is 4.39 Å². The van der Waals surface area contributed by atoms with Crippen molar-refractivity contribution in [3.05, 3.63) is 47.9 Å². The molecule has 0 saturated carbocycles. The van der Waals surface area contributed by atoms with Crippen molar-refractivity contribution in [3.8, 4) is 17.0 Å². The predicted molar refractivity (Wildman–Crippen MR) is 163 cm³/mol. The van der Waals surface area contributed by atoms with Gasteiger partial charge in [-0.2, -0.15) is 0 Å². The molecule has 1 aromatic heterocycles. The standard InChI is InChI=1S/C35H54FNO3/c1-3-5-7-9-11-12-13-14-15-17-19-29-27-39-35(40-28-29)31-20-22-33(37-26-31)30-21-23-34(32(36)25-30)38-24-18-16-10-8-6-4-2/h20-23,25-26,29,35H,3-19,24,27-28H2,1-2H3. The molecule has 1 fully saturated rings. The number of unbranched alkanes of at least 4 members (excludes halogenated alkanes) is 14. The lowest BCUT2D eigenvalue weighted by Gasteiger charge is -2.29. The minimum Gasteiger partial charge on any atom is -0.491 e. The van der Waals surface area contributed by atoms with Crippen LogP contribution in [0.2, 0.25) is 0 Å². The van der Waals surface area contributed by atoms with Crippen LogP contribution in [0.15, 0.2) is 36.5 Å². The van der Waals surface area contributed by atoms with Crippen LogP contribution < -0.4 is 4.74 Å². The number of hydrogen-bond donors (Lipinski definition) is 0. The van der Waals surface area contributed by atoms with Crippen LogP contribution >= 0.6 is 0 Å². The van der Waals surface area contributed by atoms with Crippen LogP contribution in [-0.2, 0) is 9.47 Å². The summed E-state index contributed by atoms with van der Waals surface area (Å²) >= 11 is 0. The highest BCUT2D eigenvalue weighted by atomic mass is 19.1. The molecule has 1 aliphatic rings. The van der Waals surface area contributed by atoms with Gasteiger partial charge in [-0.05, 0) is 37.1 Å². The first-order chi connectivity index (χ1) is 19.7. The average Bonchev–Trinajstić information content (AvgIpc) is 2.99. The van der Waals surface area contributed by atoms with E-state index in [2.05, 4.69) is 18.8 Å². The zero-order valence-electron chi connectivity index (χ0n) is 25.3. The molecule has 0 atom stereocenters. The molecular weight excluding hydrogens is 501 g/mol. The van der Waals surface area contributed by atoms with Crippen molar-refractivity contribution in [2.45, 2.75) is 129 Å². The van der Waals surface area contributed by atoms with Crippen molar-refractivity contribution in [1.29, 1.82) is 0 Å². The van der Waals surface area contributed by atoms with Crippen LogP contribution in [0.1, 0.15) is 135 Å². The van der Waals surface area contributed by atoms with Gasteiger partial charge in [0.15, 0.2) is 17.9 Å². The van der Waals surface area contributed by atoms with Gasteiger partial charge in [0.25, 0.3) is 0 Å². The highest BCUT2D eigenvalue weighted by Crippen LogP contribution is 2.29. The maximum absolute atomic E-state index is 14.6. The fraction of sp³-hybridized carbons (Fsp3) is 0.686. The van der Waals surface area contributed by atoms with E-state index in [-0.39, 0.29) is 12.1 Å². The second-order valence-corrected chi connectivity index (χ2v) is 11.6. The third kappa shape index (κ3) is 12.3. The number of aromatic nitrogens is 1. The van der Waals surface area contributed by atoms with Gasteiger partial charge in [0.2, 0.25) is 0 Å². The van der Waals surface area contributed by atoms with Crippen LogP contribution in [0, 0.1) is 11.7 Å². The molecule has 2 aromatic rings. The van der Waals surface area contributed by atoms with Gasteiger partial charge in [0.1, 0.15) is 0 Å². The summed E-state index contributed by atoms with van der Waals surface area (Å²) in [7, 11) is 0. The minimum atomic E-state index is -0.375. The maximum Gasteiger partial charge on any atom is 0.185 e. The minimum absolute atomic E-state index is 0.310. The van der Waals surface area contributed by atoms with E-state index in [9.17, 15) is 4.39 Å². The van der Waals surface area contributed by atoms with Gasteiger partial charge < -0.3 is 14.2 Å². The first-order valence-electron chi connectivity index (χ1n) is 16.3. The Bertz CT molecular complexity index is 911. The first-order valence-corrected chi connectivity index (χ1v) is 16.3. The zero-order chi connectivity index (χ0) is 28.3. The van der Waals surface area contributed by atoms with E-state index in [0.29, 0.717) is 18.3 Å². The zero-order valence-corrected chi connectivity index (χ0v) is 25.3. The Morgan fingerprint density at radius 2 is 1.35 bits per heavy atom. The molecule has 224 valence electrons. The van der Waals surface area contributed by atoms with Gasteiger partial charge in [-0.3, -0.25) is 4.98 Å². The Labute approximate surface area is 243 Å². The van der Waals surface area contributed by atoms with Crippen molar-refractivity contribution in [2.24, 2.45) is 5.92 Å². The molecule has 0 spiro atoms. The summed E-state index contributed by atoms with van der Waals surface area (Å²) in [6, 6.07) is 8.96. The van der Waals surface area contributed by atoms with Crippen molar-refractivity contribution < 1.29 is 18.6 Å². The number of pyridine rings is 1. The highest BCUT2D eigenvalue weighted by molar-refractivity contribution is 5.60. The van der Waals surface area contributed by atoms with E-state index in [1.54, 1.807) is 12.3 Å². The summed E-state index contributed by atoms with van der Waals surface area (Å²) in [5.41, 5.74) is 2.36. The smallest absolute Gasteiger partial charge is 0.185 e. The Morgan fingerprint density at radius 1 is 0.750 bits per heavy atom. The lowest BCUT2D eigenvalue weighted by atomic mass is 10.0. The molecule has 0 unspecified atom stereocenters. The Balaban J connectivity index is 1.31. The van der Waals surface area contributed by atoms with Crippen LogP contribution in [0.5, 0.6) is 5.75 Å². The molecule has 40 heavy (non-hydrogen) atoms. The van der Waals surface area contributed by atoms with E-state index in [0.717, 1.165) is 42.9 Å². The molecule has 0 radical (unpaired) electrons. The molecule has 1 aliphatic heterocycles. The Kier molecular flexibility index (Phi) is 16.3. The lowest BCUT2D eigenvalue weighted by Crippen LogP contribution is -2.27. The second-order valence-electron chi connectivity index (χ2n) is 11.6. The van der Waals surface area contributed by atoms with Crippen LogP contribution in [0.4, 0.5) is 4.39 Å². The molecule has 0 aliphatic carbocycles. The summed E-state index contributed by atoms with van der Waals surface area (Å²) in [5.74, 6) is 0.439.